The lowest BCUT2D eigenvalue weighted by Gasteiger charge is -2.13. The van der Waals surface area contributed by atoms with Crippen LogP contribution in [0.15, 0.2) is 109 Å². The van der Waals surface area contributed by atoms with Gasteiger partial charge in [-0.2, -0.15) is 0 Å². The van der Waals surface area contributed by atoms with Crippen LogP contribution in [0.1, 0.15) is 10.4 Å². The molecular weight excluding hydrogens is 447 g/mol. The summed E-state index contributed by atoms with van der Waals surface area (Å²) in [5, 5.41) is 5.42. The fourth-order valence-corrected chi connectivity index (χ4v) is 4.37. The van der Waals surface area contributed by atoms with Crippen molar-refractivity contribution in [2.24, 2.45) is 0 Å². The Morgan fingerprint density at radius 3 is 2.29 bits per heavy atom. The van der Waals surface area contributed by atoms with Gasteiger partial charge in [0.2, 0.25) is 0 Å². The highest BCUT2D eigenvalue weighted by atomic mass is 32.1. The van der Waals surface area contributed by atoms with Crippen molar-refractivity contribution >= 4 is 22.9 Å². The molecule has 1 aromatic heterocycles. The summed E-state index contributed by atoms with van der Waals surface area (Å²) in [5.74, 6) is 0.481. The Balaban J connectivity index is 1.43. The molecule has 0 saturated carbocycles. The average molecular weight is 467 g/mol. The second-order valence-corrected chi connectivity index (χ2v) is 8.29. The van der Waals surface area contributed by atoms with Gasteiger partial charge in [-0.3, -0.25) is 4.79 Å². The van der Waals surface area contributed by atoms with Crippen LogP contribution in [0.5, 0.6) is 11.5 Å². The number of halogens is 1. The maximum Gasteiger partial charge on any atom is 0.259 e. The Morgan fingerprint density at radius 1 is 0.794 bits per heavy atom. The summed E-state index contributed by atoms with van der Waals surface area (Å²) < 4.78 is 20.2. The van der Waals surface area contributed by atoms with Crippen molar-refractivity contribution in [2.45, 2.75) is 0 Å². The number of carbonyl (C=O) groups excluding carboxylic acids is 1. The van der Waals surface area contributed by atoms with E-state index in [1.165, 1.54) is 17.4 Å². The number of carbonyl (C=O) groups is 1. The molecular formula is C28H19FN2O2S. The molecule has 0 radical (unpaired) electrons. The van der Waals surface area contributed by atoms with E-state index in [9.17, 15) is 9.18 Å². The first kappa shape index (κ1) is 21.6. The van der Waals surface area contributed by atoms with Gasteiger partial charge in [0, 0.05) is 16.5 Å². The lowest BCUT2D eigenvalue weighted by molar-refractivity contribution is 0.102. The van der Waals surface area contributed by atoms with Gasteiger partial charge in [-0.05, 0) is 42.5 Å². The van der Waals surface area contributed by atoms with Gasteiger partial charge in [-0.25, -0.2) is 9.37 Å². The zero-order valence-electron chi connectivity index (χ0n) is 17.9. The molecule has 6 heteroatoms. The minimum atomic E-state index is -0.319. The van der Waals surface area contributed by atoms with Crippen molar-refractivity contribution in [3.63, 3.8) is 0 Å². The predicted molar refractivity (Wildman–Crippen MR) is 134 cm³/mol. The van der Waals surface area contributed by atoms with Crippen LogP contribution in [0.25, 0.3) is 21.8 Å². The van der Waals surface area contributed by atoms with E-state index in [0.717, 1.165) is 5.56 Å². The highest BCUT2D eigenvalue weighted by molar-refractivity contribution is 7.13. The topological polar surface area (TPSA) is 51.2 Å². The average Bonchev–Trinajstić information content (AvgIpc) is 3.35. The second-order valence-electron chi connectivity index (χ2n) is 7.43. The summed E-state index contributed by atoms with van der Waals surface area (Å²) in [6.45, 7) is 0. The van der Waals surface area contributed by atoms with E-state index in [-0.39, 0.29) is 11.7 Å². The normalized spacial score (nSPS) is 10.6. The van der Waals surface area contributed by atoms with Gasteiger partial charge in [0.15, 0.2) is 0 Å². The summed E-state index contributed by atoms with van der Waals surface area (Å²) in [7, 11) is 0. The minimum Gasteiger partial charge on any atom is -0.457 e. The van der Waals surface area contributed by atoms with Crippen LogP contribution in [0.3, 0.4) is 0 Å². The number of nitrogens with one attached hydrogen (secondary N) is 1. The van der Waals surface area contributed by atoms with Crippen LogP contribution in [0.4, 0.5) is 10.1 Å². The van der Waals surface area contributed by atoms with Gasteiger partial charge in [0.05, 0.1) is 16.9 Å². The summed E-state index contributed by atoms with van der Waals surface area (Å²) in [5.41, 5.74) is 2.87. The van der Waals surface area contributed by atoms with E-state index in [1.54, 1.807) is 36.4 Å². The molecule has 0 spiro atoms. The molecule has 34 heavy (non-hydrogen) atoms. The maximum absolute atomic E-state index is 14.2. The fraction of sp³-hybridized carbons (Fsp3) is 0. The first-order valence-corrected chi connectivity index (χ1v) is 11.5. The lowest BCUT2D eigenvalue weighted by atomic mass is 10.1. The Hall–Kier alpha value is -4.29. The molecule has 1 N–H and O–H groups in total. The first-order valence-electron chi connectivity index (χ1n) is 10.6. The monoisotopic (exact) mass is 466 g/mol. The summed E-state index contributed by atoms with van der Waals surface area (Å²) in [4.78, 5) is 17.8. The zero-order chi connectivity index (χ0) is 23.3. The van der Waals surface area contributed by atoms with Crippen LogP contribution in [0.2, 0.25) is 0 Å². The minimum absolute atomic E-state index is 0.302. The molecule has 0 unspecified atom stereocenters. The number of ether oxygens (including phenoxy) is 1. The number of aromatic nitrogens is 1. The number of nitrogens with zero attached hydrogens (tertiary/aromatic N) is 1. The van der Waals surface area contributed by atoms with Gasteiger partial charge >= 0.3 is 0 Å². The number of thiazole rings is 1. The van der Waals surface area contributed by atoms with Crippen molar-refractivity contribution in [1.29, 1.82) is 0 Å². The molecule has 0 atom stereocenters. The van der Waals surface area contributed by atoms with Crippen molar-refractivity contribution in [3.05, 3.63) is 120 Å². The van der Waals surface area contributed by atoms with Crippen molar-refractivity contribution < 1.29 is 13.9 Å². The molecule has 0 bridgehead atoms. The smallest absolute Gasteiger partial charge is 0.259 e. The number of hydrogen-bond acceptors (Lipinski definition) is 4. The standard InChI is InChI=1S/C28H19FN2O2S/c29-23-15-7-4-12-20(23)28-31-25(18-34-28)21-13-5-8-16-24(21)30-27(32)22-14-6-9-17-26(22)33-19-10-2-1-3-11-19/h1-18H,(H,30,32). The Bertz CT molecular complexity index is 1450. The van der Waals surface area contributed by atoms with Crippen molar-refractivity contribution in [1.82, 2.24) is 4.98 Å². The molecule has 166 valence electrons. The Kier molecular flexibility index (Phi) is 6.14. The number of amides is 1. The molecule has 5 aromatic rings. The van der Waals surface area contributed by atoms with E-state index in [0.29, 0.717) is 39.0 Å². The van der Waals surface area contributed by atoms with Crippen LogP contribution in [0, 0.1) is 5.82 Å². The third kappa shape index (κ3) is 4.58. The van der Waals surface area contributed by atoms with Gasteiger partial charge < -0.3 is 10.1 Å². The van der Waals surface area contributed by atoms with E-state index in [4.69, 9.17) is 4.74 Å². The van der Waals surface area contributed by atoms with E-state index < -0.39 is 0 Å². The van der Waals surface area contributed by atoms with Crippen LogP contribution >= 0.6 is 11.3 Å². The molecule has 4 aromatic carbocycles. The third-order valence-corrected chi connectivity index (χ3v) is 6.04. The molecule has 4 nitrogen and oxygen atoms in total. The van der Waals surface area contributed by atoms with Crippen LogP contribution in [-0.2, 0) is 0 Å². The van der Waals surface area contributed by atoms with E-state index in [2.05, 4.69) is 10.3 Å². The SMILES string of the molecule is O=C(Nc1ccccc1-c1csc(-c2ccccc2F)n1)c1ccccc1Oc1ccccc1. The highest BCUT2D eigenvalue weighted by Gasteiger charge is 2.17. The lowest BCUT2D eigenvalue weighted by Crippen LogP contribution is -2.13. The van der Waals surface area contributed by atoms with Gasteiger partial charge in [0.25, 0.3) is 5.91 Å². The molecule has 1 amide bonds. The highest BCUT2D eigenvalue weighted by Crippen LogP contribution is 2.34. The number of benzene rings is 4. The number of hydrogen-bond donors (Lipinski definition) is 1. The number of para-hydroxylation sites is 3. The first-order chi connectivity index (χ1) is 16.7. The second kappa shape index (κ2) is 9.68. The molecule has 0 aliphatic heterocycles. The predicted octanol–water partition coefficient (Wildman–Crippen LogP) is 7.66. The van der Waals surface area contributed by atoms with Crippen LogP contribution < -0.4 is 10.1 Å². The number of rotatable bonds is 6. The van der Waals surface area contributed by atoms with E-state index >= 15 is 0 Å². The summed E-state index contributed by atoms with van der Waals surface area (Å²) in [6, 6.07) is 30.4. The van der Waals surface area contributed by atoms with Gasteiger partial charge in [-0.1, -0.05) is 60.7 Å². The molecule has 0 fully saturated rings. The maximum atomic E-state index is 14.2. The molecule has 1 heterocycles. The Labute approximate surface area is 200 Å². The van der Waals surface area contributed by atoms with Crippen molar-refractivity contribution in [2.75, 3.05) is 5.32 Å². The fourth-order valence-electron chi connectivity index (χ4n) is 3.52. The zero-order valence-corrected chi connectivity index (χ0v) is 18.8. The third-order valence-electron chi connectivity index (χ3n) is 5.16. The molecule has 0 aliphatic rings. The largest absolute Gasteiger partial charge is 0.457 e. The summed E-state index contributed by atoms with van der Waals surface area (Å²) in [6.07, 6.45) is 0. The van der Waals surface area contributed by atoms with Crippen molar-refractivity contribution in [3.8, 4) is 33.3 Å². The Morgan fingerprint density at radius 2 is 1.47 bits per heavy atom. The van der Waals surface area contributed by atoms with E-state index in [1.807, 2.05) is 66.0 Å². The molecule has 0 aliphatic carbocycles. The molecule has 0 saturated heterocycles. The number of anilines is 1. The quantitative estimate of drug-likeness (QED) is 0.279. The van der Waals surface area contributed by atoms with Gasteiger partial charge in [0.1, 0.15) is 22.3 Å². The molecule has 5 rings (SSSR count). The van der Waals surface area contributed by atoms with Gasteiger partial charge in [-0.15, -0.1) is 11.3 Å². The summed E-state index contributed by atoms with van der Waals surface area (Å²) >= 11 is 1.36. The van der Waals surface area contributed by atoms with Crippen LogP contribution in [-0.4, -0.2) is 10.9 Å².